The van der Waals surface area contributed by atoms with E-state index < -0.39 is 15.6 Å². The monoisotopic (exact) mass is 470 g/mol. The van der Waals surface area contributed by atoms with Crippen LogP contribution < -0.4 is 10.9 Å². The molecule has 1 aromatic carbocycles. The number of aromatic hydroxyl groups is 1. The minimum Gasteiger partial charge on any atom is -0.506 e. The molecule has 32 heavy (non-hydrogen) atoms. The molecule has 1 aliphatic rings. The third-order valence-electron chi connectivity index (χ3n) is 5.26. The van der Waals surface area contributed by atoms with Crippen LogP contribution in [0.25, 0.3) is 22.1 Å². The van der Waals surface area contributed by atoms with Gasteiger partial charge in [0.1, 0.15) is 32.9 Å². The molecular weight excluding hydrogens is 452 g/mol. The molecule has 0 spiro atoms. The predicted octanol–water partition coefficient (Wildman–Crippen LogP) is 2.71. The number of pyridine rings is 2. The number of fused-ring (bicyclic) bond motifs is 4. The number of hydrogen-bond donors (Lipinski definition) is 2. The number of sulfonamides is 1. The van der Waals surface area contributed by atoms with Crippen LogP contribution in [-0.4, -0.2) is 37.7 Å². The van der Waals surface area contributed by atoms with Crippen molar-refractivity contribution in [3.05, 3.63) is 46.4 Å². The molecule has 3 aromatic heterocycles. The lowest BCUT2D eigenvalue weighted by Gasteiger charge is -2.20. The Labute approximate surface area is 186 Å². The molecule has 0 aliphatic carbocycles. The second-order valence-electron chi connectivity index (χ2n) is 7.85. The summed E-state index contributed by atoms with van der Waals surface area (Å²) in [6, 6.07) is 6.44. The molecular formula is C20H18N6O4S2. The summed E-state index contributed by atoms with van der Waals surface area (Å²) >= 11 is 0.899. The number of rotatable bonds is 4. The molecule has 0 amide bonds. The molecule has 4 aromatic rings. The molecule has 0 radical (unpaired) electrons. The first-order valence-electron chi connectivity index (χ1n) is 9.86. The zero-order valence-corrected chi connectivity index (χ0v) is 18.7. The molecule has 0 fully saturated rings. The second kappa shape index (κ2) is 7.35. The fraction of sp³-hybridized carbons (Fsp3) is 0.250. The summed E-state index contributed by atoms with van der Waals surface area (Å²) in [6.07, 6.45) is 2.24. The zero-order chi connectivity index (χ0) is 22.6. The average Bonchev–Trinajstić information content (AvgIpc) is 3.21. The molecule has 0 saturated carbocycles. The van der Waals surface area contributed by atoms with Gasteiger partial charge in [0.05, 0.1) is 22.8 Å². The van der Waals surface area contributed by atoms with E-state index >= 15 is 0 Å². The predicted molar refractivity (Wildman–Crippen MR) is 122 cm³/mol. The van der Waals surface area contributed by atoms with Crippen LogP contribution in [0.15, 0.2) is 44.6 Å². The molecule has 0 atom stereocenters. The van der Waals surface area contributed by atoms with Gasteiger partial charge in [0.15, 0.2) is 5.84 Å². The summed E-state index contributed by atoms with van der Waals surface area (Å²) in [5.74, 6) is -0.295. The quantitative estimate of drug-likeness (QED) is 0.464. The number of aryl methyl sites for hydroxylation is 1. The maximum Gasteiger partial charge on any atom is 0.288 e. The third-order valence-corrected chi connectivity index (χ3v) is 7.16. The fourth-order valence-corrected chi connectivity index (χ4v) is 5.54. The Bertz CT molecular complexity index is 1590. The minimum atomic E-state index is -4.21. The Balaban J connectivity index is 1.76. The van der Waals surface area contributed by atoms with E-state index in [0.717, 1.165) is 11.7 Å². The van der Waals surface area contributed by atoms with Gasteiger partial charge in [-0.2, -0.15) is 17.2 Å². The van der Waals surface area contributed by atoms with E-state index in [4.69, 9.17) is 0 Å². The highest BCUT2D eigenvalue weighted by Gasteiger charge is 2.32. The summed E-state index contributed by atoms with van der Waals surface area (Å²) in [4.78, 5) is 17.6. The summed E-state index contributed by atoms with van der Waals surface area (Å²) in [6.45, 7) is 4.43. The van der Waals surface area contributed by atoms with Crippen LogP contribution in [0.1, 0.15) is 25.8 Å². The number of benzene rings is 1. The molecule has 12 heteroatoms. The topological polar surface area (TPSA) is 139 Å². The van der Waals surface area contributed by atoms with Crippen LogP contribution in [0.2, 0.25) is 0 Å². The van der Waals surface area contributed by atoms with E-state index in [0.29, 0.717) is 35.4 Å². The standard InChI is InChI=1S/C20H18N6O4S2/c1-10(2)7-9-26-19-11(4-3-8-21-19)16(27)14(20(26)28)18-22-13-6-5-12-15(24-31-23-12)17(13)32(29,30)25-18/h3-6,8,10,27H,7,9H2,1-2H3,(H,22,25). The van der Waals surface area contributed by atoms with Crippen LogP contribution >= 0.6 is 11.7 Å². The summed E-state index contributed by atoms with van der Waals surface area (Å²) in [7, 11) is -4.21. The number of nitrogens with zero attached hydrogens (tertiary/aromatic N) is 5. The number of amidine groups is 1. The molecule has 1 aliphatic heterocycles. The number of hydrogen-bond acceptors (Lipinski definition) is 9. The molecule has 5 rings (SSSR count). The van der Waals surface area contributed by atoms with Crippen molar-refractivity contribution in [2.75, 3.05) is 5.32 Å². The highest BCUT2D eigenvalue weighted by atomic mass is 32.2. The molecule has 4 heterocycles. The summed E-state index contributed by atoms with van der Waals surface area (Å²) in [5, 5.41) is 14.2. The summed E-state index contributed by atoms with van der Waals surface area (Å²) in [5.41, 5.74) is 0.400. The molecule has 0 bridgehead atoms. The second-order valence-corrected chi connectivity index (χ2v) is 9.92. The first-order valence-corrected chi connectivity index (χ1v) is 12.0. The number of aromatic nitrogens is 4. The molecule has 0 unspecified atom stereocenters. The lowest BCUT2D eigenvalue weighted by molar-refractivity contribution is 0.473. The van der Waals surface area contributed by atoms with E-state index in [1.165, 1.54) is 10.8 Å². The highest BCUT2D eigenvalue weighted by molar-refractivity contribution is 7.90. The average molecular weight is 471 g/mol. The molecule has 164 valence electrons. The number of anilines is 1. The van der Waals surface area contributed by atoms with Crippen molar-refractivity contribution in [1.29, 1.82) is 0 Å². The first kappa shape index (κ1) is 20.5. The van der Waals surface area contributed by atoms with Gasteiger partial charge in [-0.05, 0) is 36.6 Å². The molecule has 10 nitrogen and oxygen atoms in total. The highest BCUT2D eigenvalue weighted by Crippen LogP contribution is 2.35. The van der Waals surface area contributed by atoms with Crippen LogP contribution in [0.3, 0.4) is 0 Å². The van der Waals surface area contributed by atoms with Gasteiger partial charge in [-0.1, -0.05) is 13.8 Å². The van der Waals surface area contributed by atoms with Gasteiger partial charge in [0, 0.05) is 12.7 Å². The van der Waals surface area contributed by atoms with Gasteiger partial charge in [0.25, 0.3) is 15.6 Å². The van der Waals surface area contributed by atoms with Crippen molar-refractivity contribution >= 4 is 55.3 Å². The Morgan fingerprint density at radius 1 is 1.22 bits per heavy atom. The lowest BCUT2D eigenvalue weighted by atomic mass is 10.1. The van der Waals surface area contributed by atoms with Crippen molar-refractivity contribution in [2.45, 2.75) is 31.7 Å². The Hall–Kier alpha value is -3.38. The maximum atomic E-state index is 13.4. The van der Waals surface area contributed by atoms with Crippen molar-refractivity contribution in [1.82, 2.24) is 18.3 Å². The van der Waals surface area contributed by atoms with Gasteiger partial charge in [-0.25, -0.2) is 4.98 Å². The van der Waals surface area contributed by atoms with Crippen molar-refractivity contribution in [3.63, 3.8) is 0 Å². The van der Waals surface area contributed by atoms with Crippen molar-refractivity contribution < 1.29 is 13.5 Å². The Morgan fingerprint density at radius 2 is 2.03 bits per heavy atom. The van der Waals surface area contributed by atoms with Gasteiger partial charge in [-0.3, -0.25) is 9.36 Å². The van der Waals surface area contributed by atoms with Crippen molar-refractivity contribution in [3.8, 4) is 5.75 Å². The smallest absolute Gasteiger partial charge is 0.288 e. The third kappa shape index (κ3) is 3.14. The number of nitrogens with one attached hydrogen (secondary N) is 1. The first-order chi connectivity index (χ1) is 15.3. The Morgan fingerprint density at radius 3 is 2.81 bits per heavy atom. The SMILES string of the molecule is CC(C)CCn1c(=O)c(C2=NS(=O)(=O)c3c(ccc4nsnc34)N2)c(O)c2cccnc21. The van der Waals surface area contributed by atoms with Crippen LogP contribution in [0.5, 0.6) is 5.75 Å². The van der Waals surface area contributed by atoms with Gasteiger partial charge < -0.3 is 10.4 Å². The normalized spacial score (nSPS) is 15.0. The van der Waals surface area contributed by atoms with Crippen LogP contribution in [0.4, 0.5) is 5.69 Å². The maximum absolute atomic E-state index is 13.4. The van der Waals surface area contributed by atoms with Crippen LogP contribution in [0, 0.1) is 5.92 Å². The van der Waals surface area contributed by atoms with E-state index in [2.05, 4.69) is 23.4 Å². The minimum absolute atomic E-state index is 0.102. The van der Waals surface area contributed by atoms with E-state index in [9.17, 15) is 18.3 Å². The zero-order valence-electron chi connectivity index (χ0n) is 17.1. The van der Waals surface area contributed by atoms with E-state index in [1.54, 1.807) is 24.3 Å². The molecule has 2 N–H and O–H groups in total. The van der Waals surface area contributed by atoms with Gasteiger partial charge >= 0.3 is 0 Å². The fourth-order valence-electron chi connectivity index (χ4n) is 3.68. The summed E-state index contributed by atoms with van der Waals surface area (Å²) < 4.78 is 39.6. The van der Waals surface area contributed by atoms with Gasteiger partial charge in [-0.15, -0.1) is 4.40 Å². The molecule has 0 saturated heterocycles. The Kier molecular flexibility index (Phi) is 4.71. The van der Waals surface area contributed by atoms with Crippen LogP contribution in [-0.2, 0) is 16.6 Å². The van der Waals surface area contributed by atoms with Gasteiger partial charge in [0.2, 0.25) is 0 Å². The van der Waals surface area contributed by atoms with E-state index in [-0.39, 0.29) is 33.2 Å². The largest absolute Gasteiger partial charge is 0.506 e. The van der Waals surface area contributed by atoms with Crippen molar-refractivity contribution in [2.24, 2.45) is 10.3 Å². The van der Waals surface area contributed by atoms with E-state index in [1.807, 2.05) is 13.8 Å². The lowest BCUT2D eigenvalue weighted by Crippen LogP contribution is -2.33.